The molecule has 1 fully saturated rings. The molecule has 0 atom stereocenters. The monoisotopic (exact) mass is 183 g/mol. The zero-order valence-corrected chi connectivity index (χ0v) is 8.38. The van der Waals surface area contributed by atoms with Gasteiger partial charge in [-0.1, -0.05) is 20.3 Å². The fourth-order valence-electron chi connectivity index (χ4n) is 1.53. The number of rotatable bonds is 1. The van der Waals surface area contributed by atoms with E-state index in [1.807, 2.05) is 13.8 Å². The molecule has 74 valence electrons. The lowest BCUT2D eigenvalue weighted by Gasteiger charge is -2.20. The van der Waals surface area contributed by atoms with E-state index in [2.05, 4.69) is 0 Å². The van der Waals surface area contributed by atoms with Gasteiger partial charge in [0.05, 0.1) is 0 Å². The van der Waals surface area contributed by atoms with E-state index in [9.17, 15) is 9.59 Å². The van der Waals surface area contributed by atoms with Crippen LogP contribution < -0.4 is 0 Å². The highest BCUT2D eigenvalue weighted by molar-refractivity contribution is 5.96. The SMILES string of the molecule is CC(C)C(=O)N1CCCCCC1=O. The molecule has 0 aliphatic carbocycles. The molecule has 0 N–H and O–H groups in total. The molecule has 1 heterocycles. The van der Waals surface area contributed by atoms with E-state index >= 15 is 0 Å². The van der Waals surface area contributed by atoms with E-state index in [0.717, 1.165) is 19.3 Å². The first-order chi connectivity index (χ1) is 6.13. The second-order valence-electron chi connectivity index (χ2n) is 3.85. The van der Waals surface area contributed by atoms with Crippen LogP contribution in [0.4, 0.5) is 0 Å². The Bertz CT molecular complexity index is 211. The van der Waals surface area contributed by atoms with Crippen LogP contribution in [0.2, 0.25) is 0 Å². The topological polar surface area (TPSA) is 37.4 Å². The van der Waals surface area contributed by atoms with Gasteiger partial charge in [0.15, 0.2) is 0 Å². The third kappa shape index (κ3) is 2.54. The number of carbonyl (C=O) groups is 2. The summed E-state index contributed by atoms with van der Waals surface area (Å²) >= 11 is 0. The fourth-order valence-corrected chi connectivity index (χ4v) is 1.53. The van der Waals surface area contributed by atoms with E-state index in [1.54, 1.807) is 0 Å². The van der Waals surface area contributed by atoms with Crippen molar-refractivity contribution in [3.63, 3.8) is 0 Å². The van der Waals surface area contributed by atoms with Crippen molar-refractivity contribution in [1.29, 1.82) is 0 Å². The van der Waals surface area contributed by atoms with Crippen LogP contribution in [-0.2, 0) is 9.59 Å². The molecule has 0 spiro atoms. The van der Waals surface area contributed by atoms with Crippen LogP contribution in [0.25, 0.3) is 0 Å². The lowest BCUT2D eigenvalue weighted by atomic mass is 10.2. The summed E-state index contributed by atoms with van der Waals surface area (Å²) in [5.74, 6) is -0.0786. The quantitative estimate of drug-likeness (QED) is 0.618. The summed E-state index contributed by atoms with van der Waals surface area (Å²) in [6.45, 7) is 4.29. The molecule has 1 saturated heterocycles. The Morgan fingerprint density at radius 3 is 2.62 bits per heavy atom. The van der Waals surface area contributed by atoms with Crippen LogP contribution in [0.3, 0.4) is 0 Å². The lowest BCUT2D eigenvalue weighted by molar-refractivity contribution is -0.146. The van der Waals surface area contributed by atoms with Crippen molar-refractivity contribution in [3.05, 3.63) is 0 Å². The molecule has 1 aliphatic heterocycles. The summed E-state index contributed by atoms with van der Waals surface area (Å²) in [7, 11) is 0. The standard InChI is InChI=1S/C10H17NO2/c1-8(2)10(13)11-7-5-3-4-6-9(11)12/h8H,3-7H2,1-2H3. The second-order valence-corrected chi connectivity index (χ2v) is 3.85. The number of likely N-dealkylation sites (tertiary alicyclic amines) is 1. The normalized spacial score (nSPS) is 19.0. The first-order valence-electron chi connectivity index (χ1n) is 4.97. The summed E-state index contributed by atoms with van der Waals surface area (Å²) in [4.78, 5) is 24.5. The number of hydrogen-bond acceptors (Lipinski definition) is 2. The third-order valence-electron chi connectivity index (χ3n) is 2.33. The van der Waals surface area contributed by atoms with Crippen LogP contribution in [-0.4, -0.2) is 23.3 Å². The molecular formula is C10H17NO2. The lowest BCUT2D eigenvalue weighted by Crippen LogP contribution is -2.38. The van der Waals surface area contributed by atoms with Crippen molar-refractivity contribution in [3.8, 4) is 0 Å². The summed E-state index contributed by atoms with van der Waals surface area (Å²) in [6, 6.07) is 0. The molecule has 1 aliphatic rings. The minimum Gasteiger partial charge on any atom is -0.282 e. The Hall–Kier alpha value is -0.860. The van der Waals surface area contributed by atoms with Gasteiger partial charge >= 0.3 is 0 Å². The highest BCUT2D eigenvalue weighted by Crippen LogP contribution is 2.13. The van der Waals surface area contributed by atoms with Gasteiger partial charge in [-0.25, -0.2) is 0 Å². The molecule has 0 unspecified atom stereocenters. The predicted octanol–water partition coefficient (Wildman–Crippen LogP) is 1.57. The van der Waals surface area contributed by atoms with Gasteiger partial charge in [-0.2, -0.15) is 0 Å². The Morgan fingerprint density at radius 2 is 2.00 bits per heavy atom. The number of nitrogens with zero attached hydrogens (tertiary/aromatic N) is 1. The minimum absolute atomic E-state index is 0.0104. The van der Waals surface area contributed by atoms with Crippen molar-refractivity contribution in [2.75, 3.05) is 6.54 Å². The van der Waals surface area contributed by atoms with E-state index < -0.39 is 0 Å². The van der Waals surface area contributed by atoms with E-state index in [0.29, 0.717) is 13.0 Å². The largest absolute Gasteiger partial charge is 0.282 e. The molecule has 3 heteroatoms. The molecule has 0 bridgehead atoms. The molecule has 2 amide bonds. The summed E-state index contributed by atoms with van der Waals surface area (Å²) in [5.41, 5.74) is 0. The van der Waals surface area contributed by atoms with Gasteiger partial charge in [0, 0.05) is 18.9 Å². The van der Waals surface area contributed by atoms with Gasteiger partial charge in [0.1, 0.15) is 0 Å². The fraction of sp³-hybridized carbons (Fsp3) is 0.800. The Balaban J connectivity index is 2.64. The number of carbonyl (C=O) groups excluding carboxylic acids is 2. The molecule has 0 saturated carbocycles. The Labute approximate surface area is 79.1 Å². The molecule has 3 nitrogen and oxygen atoms in total. The molecule has 13 heavy (non-hydrogen) atoms. The van der Waals surface area contributed by atoms with Crippen molar-refractivity contribution < 1.29 is 9.59 Å². The summed E-state index contributed by atoms with van der Waals surface area (Å²) in [6.07, 6.45) is 3.50. The van der Waals surface area contributed by atoms with Gasteiger partial charge in [0.25, 0.3) is 0 Å². The minimum atomic E-state index is -0.0675. The maximum atomic E-state index is 11.6. The highest BCUT2D eigenvalue weighted by Gasteiger charge is 2.24. The first kappa shape index (κ1) is 10.2. The van der Waals surface area contributed by atoms with E-state index in [1.165, 1.54) is 4.90 Å². The van der Waals surface area contributed by atoms with Crippen molar-refractivity contribution in [1.82, 2.24) is 4.90 Å². The summed E-state index contributed by atoms with van der Waals surface area (Å²) < 4.78 is 0. The average Bonchev–Trinajstić information content (AvgIpc) is 2.28. The third-order valence-corrected chi connectivity index (χ3v) is 2.33. The van der Waals surface area contributed by atoms with Gasteiger partial charge < -0.3 is 0 Å². The van der Waals surface area contributed by atoms with Crippen LogP contribution >= 0.6 is 0 Å². The zero-order valence-electron chi connectivity index (χ0n) is 8.38. The number of amides is 2. The number of hydrogen-bond donors (Lipinski definition) is 0. The predicted molar refractivity (Wildman–Crippen MR) is 50.0 cm³/mol. The van der Waals surface area contributed by atoms with Crippen LogP contribution in [0.5, 0.6) is 0 Å². The molecule has 0 aromatic carbocycles. The summed E-state index contributed by atoms with van der Waals surface area (Å²) in [5, 5.41) is 0. The molecular weight excluding hydrogens is 166 g/mol. The van der Waals surface area contributed by atoms with Crippen molar-refractivity contribution in [2.45, 2.75) is 39.5 Å². The van der Waals surface area contributed by atoms with Crippen LogP contribution in [0.15, 0.2) is 0 Å². The van der Waals surface area contributed by atoms with E-state index in [-0.39, 0.29) is 17.7 Å². The molecule has 0 radical (unpaired) electrons. The van der Waals surface area contributed by atoms with Gasteiger partial charge in [-0.3, -0.25) is 14.5 Å². The molecule has 1 rings (SSSR count). The zero-order chi connectivity index (χ0) is 9.84. The van der Waals surface area contributed by atoms with Gasteiger partial charge in [-0.05, 0) is 12.8 Å². The smallest absolute Gasteiger partial charge is 0.231 e. The number of imide groups is 1. The highest BCUT2D eigenvalue weighted by atomic mass is 16.2. The van der Waals surface area contributed by atoms with E-state index in [4.69, 9.17) is 0 Å². The Kier molecular flexibility index (Phi) is 3.46. The van der Waals surface area contributed by atoms with Crippen molar-refractivity contribution >= 4 is 11.8 Å². The van der Waals surface area contributed by atoms with Crippen molar-refractivity contribution in [2.24, 2.45) is 5.92 Å². The maximum Gasteiger partial charge on any atom is 0.231 e. The molecule has 0 aromatic rings. The maximum absolute atomic E-state index is 11.6. The Morgan fingerprint density at radius 1 is 1.31 bits per heavy atom. The van der Waals surface area contributed by atoms with Crippen LogP contribution in [0, 0.1) is 5.92 Å². The second kappa shape index (κ2) is 4.40. The van der Waals surface area contributed by atoms with Gasteiger partial charge in [-0.15, -0.1) is 0 Å². The van der Waals surface area contributed by atoms with Gasteiger partial charge in [0.2, 0.25) is 11.8 Å². The first-order valence-corrected chi connectivity index (χ1v) is 4.97. The average molecular weight is 183 g/mol. The van der Waals surface area contributed by atoms with Crippen LogP contribution in [0.1, 0.15) is 39.5 Å². The molecule has 0 aromatic heterocycles.